The zero-order chi connectivity index (χ0) is 35.6. The van der Waals surface area contributed by atoms with Gasteiger partial charge in [0.05, 0.1) is 0 Å². The van der Waals surface area contributed by atoms with Crippen LogP contribution in [-0.2, 0) is 0 Å². The van der Waals surface area contributed by atoms with Gasteiger partial charge in [0.25, 0.3) is 0 Å². The van der Waals surface area contributed by atoms with Crippen LogP contribution >= 0.6 is 0 Å². The zero-order valence-electron chi connectivity index (χ0n) is 30.5. The molecule has 10 rings (SSSR count). The monoisotopic (exact) mass is 679 g/mol. The Kier molecular flexibility index (Phi) is 7.44. The van der Waals surface area contributed by atoms with Crippen LogP contribution in [0.15, 0.2) is 176 Å². The molecule has 0 saturated carbocycles. The Bertz CT molecular complexity index is 2660. The molecule has 0 aromatic heterocycles. The van der Waals surface area contributed by atoms with Crippen molar-refractivity contribution in [2.75, 3.05) is 4.90 Å². The fraction of sp³-hybridized carbons (Fsp3) is 0.115. The van der Waals surface area contributed by atoms with Gasteiger partial charge < -0.3 is 4.90 Å². The summed E-state index contributed by atoms with van der Waals surface area (Å²) in [4.78, 5) is 2.50. The van der Waals surface area contributed by atoms with Crippen molar-refractivity contribution in [1.29, 1.82) is 0 Å². The summed E-state index contributed by atoms with van der Waals surface area (Å²) in [6.07, 6.45) is 8.31. The summed E-state index contributed by atoms with van der Waals surface area (Å²) in [7, 11) is 0. The van der Waals surface area contributed by atoms with Crippen LogP contribution < -0.4 is 4.90 Å². The van der Waals surface area contributed by atoms with Crippen LogP contribution in [0.1, 0.15) is 54.0 Å². The van der Waals surface area contributed by atoms with Gasteiger partial charge >= 0.3 is 0 Å². The number of allylic oxidation sites excluding steroid dienone is 5. The van der Waals surface area contributed by atoms with E-state index >= 15 is 0 Å². The molecule has 0 amide bonds. The number of hydrogen-bond donors (Lipinski definition) is 0. The Morgan fingerprint density at radius 3 is 1.94 bits per heavy atom. The predicted octanol–water partition coefficient (Wildman–Crippen LogP) is 14.2. The van der Waals surface area contributed by atoms with Gasteiger partial charge in [-0.2, -0.15) is 0 Å². The number of anilines is 2. The summed E-state index contributed by atoms with van der Waals surface area (Å²) in [6, 6.07) is 56.2. The molecule has 0 saturated heterocycles. The Balaban J connectivity index is 1.17. The standard InChI is InChI=1S/C52H41N/c1-4-40-43-19-8-9-20-44(43)48-25-13-23-41(51(40)48)34(3)35-30-36(32-39(31-35)53(37-16-6-5-7-17-37)38-18-12-15-33(2)29-38)42-27-28-50-46-22-11-10-21-45(46)49-26-14-24-47(42)52(49)50/h4-30,32,34-35H,31H2,1-3H3/b40-4-. The van der Waals surface area contributed by atoms with E-state index in [9.17, 15) is 0 Å². The van der Waals surface area contributed by atoms with Gasteiger partial charge in [0.2, 0.25) is 0 Å². The van der Waals surface area contributed by atoms with Gasteiger partial charge in [-0.3, -0.25) is 0 Å². The minimum atomic E-state index is 0.259. The number of nitrogens with zero attached hydrogens (tertiary/aromatic N) is 1. The van der Waals surface area contributed by atoms with Crippen LogP contribution in [0, 0.1) is 12.8 Å². The molecule has 254 valence electrons. The fourth-order valence-corrected chi connectivity index (χ4v) is 9.44. The molecule has 1 nitrogen and oxygen atoms in total. The van der Waals surface area contributed by atoms with E-state index in [0.29, 0.717) is 0 Å². The molecule has 2 atom stereocenters. The average molecular weight is 680 g/mol. The highest BCUT2D eigenvalue weighted by Gasteiger charge is 2.32. The molecule has 0 aliphatic heterocycles. The van der Waals surface area contributed by atoms with Crippen molar-refractivity contribution >= 4 is 33.3 Å². The number of para-hydroxylation sites is 1. The summed E-state index contributed by atoms with van der Waals surface area (Å²) in [5.41, 5.74) is 21.1. The Morgan fingerprint density at radius 2 is 1.19 bits per heavy atom. The van der Waals surface area contributed by atoms with Crippen molar-refractivity contribution in [2.45, 2.75) is 33.1 Å². The number of aryl methyl sites for hydroxylation is 1. The first-order valence-corrected chi connectivity index (χ1v) is 19.0. The van der Waals surface area contributed by atoms with Gasteiger partial charge in [-0.15, -0.1) is 0 Å². The highest BCUT2D eigenvalue weighted by Crippen LogP contribution is 2.52. The Morgan fingerprint density at radius 1 is 0.585 bits per heavy atom. The maximum Gasteiger partial charge on any atom is 0.0461 e. The van der Waals surface area contributed by atoms with Gasteiger partial charge in [0, 0.05) is 17.1 Å². The zero-order valence-corrected chi connectivity index (χ0v) is 30.5. The molecule has 0 N–H and O–H groups in total. The van der Waals surface area contributed by atoms with Crippen LogP contribution in [0.4, 0.5) is 11.4 Å². The van der Waals surface area contributed by atoms with Crippen LogP contribution in [0.3, 0.4) is 0 Å². The molecule has 0 radical (unpaired) electrons. The topological polar surface area (TPSA) is 3.24 Å². The molecular formula is C52H41N. The maximum atomic E-state index is 2.59. The van der Waals surface area contributed by atoms with E-state index in [1.807, 2.05) is 0 Å². The molecule has 7 aromatic carbocycles. The normalized spacial score (nSPS) is 16.5. The molecule has 7 aromatic rings. The maximum absolute atomic E-state index is 2.59. The minimum absolute atomic E-state index is 0.259. The van der Waals surface area contributed by atoms with Crippen molar-refractivity contribution in [3.63, 3.8) is 0 Å². The van der Waals surface area contributed by atoms with Crippen LogP contribution in [-0.4, -0.2) is 0 Å². The lowest BCUT2D eigenvalue weighted by Crippen LogP contribution is -2.23. The van der Waals surface area contributed by atoms with Crippen molar-refractivity contribution < 1.29 is 0 Å². The second-order valence-corrected chi connectivity index (χ2v) is 14.9. The number of hydrogen-bond acceptors (Lipinski definition) is 1. The van der Waals surface area contributed by atoms with Crippen LogP contribution in [0.5, 0.6) is 0 Å². The molecule has 53 heavy (non-hydrogen) atoms. The van der Waals surface area contributed by atoms with E-state index < -0.39 is 0 Å². The van der Waals surface area contributed by atoms with Gasteiger partial charge in [0.15, 0.2) is 0 Å². The van der Waals surface area contributed by atoms with Gasteiger partial charge in [-0.25, -0.2) is 0 Å². The molecular weight excluding hydrogens is 639 g/mol. The SMILES string of the molecule is C/C=C1/c2ccccc2-c2cccc(C(C)C3C=C(c4ccc5c6c(cccc46)-c4ccccc4-5)C=C(N(c4ccccc4)c4cccc(C)c4)C3)c21. The highest BCUT2D eigenvalue weighted by atomic mass is 15.1. The van der Waals surface area contributed by atoms with Crippen molar-refractivity contribution in [1.82, 2.24) is 0 Å². The largest absolute Gasteiger partial charge is 0.314 e. The van der Waals surface area contributed by atoms with Gasteiger partial charge in [-0.1, -0.05) is 146 Å². The first-order chi connectivity index (χ1) is 26.1. The molecule has 0 bridgehead atoms. The van der Waals surface area contributed by atoms with E-state index in [1.165, 1.54) is 100 Å². The Hall–Kier alpha value is -6.18. The van der Waals surface area contributed by atoms with E-state index in [1.54, 1.807) is 0 Å². The number of benzene rings is 7. The second kappa shape index (κ2) is 12.5. The lowest BCUT2D eigenvalue weighted by Gasteiger charge is -2.35. The first kappa shape index (κ1) is 31.5. The first-order valence-electron chi connectivity index (χ1n) is 19.0. The van der Waals surface area contributed by atoms with Gasteiger partial charge in [-0.05, 0) is 146 Å². The lowest BCUT2D eigenvalue weighted by molar-refractivity contribution is 0.529. The number of fused-ring (bicyclic) bond motifs is 6. The average Bonchev–Trinajstić information content (AvgIpc) is 3.72. The minimum Gasteiger partial charge on any atom is -0.314 e. The molecule has 2 unspecified atom stereocenters. The summed E-state index contributed by atoms with van der Waals surface area (Å²) in [6.45, 7) is 6.84. The van der Waals surface area contributed by atoms with Gasteiger partial charge in [0.1, 0.15) is 0 Å². The van der Waals surface area contributed by atoms with E-state index in [4.69, 9.17) is 0 Å². The molecule has 1 heteroatoms. The Labute approximate surface area is 312 Å². The van der Waals surface area contributed by atoms with Crippen molar-refractivity contribution in [3.8, 4) is 33.4 Å². The summed E-state index contributed by atoms with van der Waals surface area (Å²) in [5.74, 6) is 0.527. The van der Waals surface area contributed by atoms with Crippen molar-refractivity contribution in [2.24, 2.45) is 5.92 Å². The third kappa shape index (κ3) is 4.99. The predicted molar refractivity (Wildman–Crippen MR) is 225 cm³/mol. The molecule has 0 heterocycles. The van der Waals surface area contributed by atoms with E-state index in [0.717, 1.165) is 6.42 Å². The summed E-state index contributed by atoms with van der Waals surface area (Å²) in [5, 5.41) is 2.69. The summed E-state index contributed by atoms with van der Waals surface area (Å²) < 4.78 is 0. The second-order valence-electron chi connectivity index (χ2n) is 14.9. The fourth-order valence-electron chi connectivity index (χ4n) is 9.44. The molecule has 3 aliphatic rings. The molecule has 0 fully saturated rings. The third-order valence-electron chi connectivity index (χ3n) is 11.9. The molecule has 0 spiro atoms. The third-order valence-corrected chi connectivity index (χ3v) is 11.9. The van der Waals surface area contributed by atoms with Crippen LogP contribution in [0.2, 0.25) is 0 Å². The van der Waals surface area contributed by atoms with E-state index in [-0.39, 0.29) is 11.8 Å². The highest BCUT2D eigenvalue weighted by molar-refractivity contribution is 6.18. The van der Waals surface area contributed by atoms with E-state index in [2.05, 4.69) is 196 Å². The number of rotatable bonds is 6. The molecule has 3 aliphatic carbocycles. The smallest absolute Gasteiger partial charge is 0.0461 e. The van der Waals surface area contributed by atoms with Crippen molar-refractivity contribution in [3.05, 3.63) is 203 Å². The lowest BCUT2D eigenvalue weighted by atomic mass is 9.76. The van der Waals surface area contributed by atoms with Crippen LogP contribution in [0.25, 0.3) is 55.3 Å². The summed E-state index contributed by atoms with van der Waals surface area (Å²) >= 11 is 0. The quantitative estimate of drug-likeness (QED) is 0.169.